The van der Waals surface area contributed by atoms with E-state index in [1.165, 1.54) is 0 Å². The Kier molecular flexibility index (Phi) is 5.42. The molecule has 0 aliphatic rings. The molecule has 4 nitrogen and oxygen atoms in total. The first-order valence-electron chi connectivity index (χ1n) is 4.98. The predicted octanol–water partition coefficient (Wildman–Crippen LogP) is 1.53. The van der Waals surface area contributed by atoms with Gasteiger partial charge in [-0.05, 0) is 19.1 Å². The zero-order valence-electron chi connectivity index (χ0n) is 9.37. The molecule has 1 unspecified atom stereocenters. The zero-order chi connectivity index (χ0) is 12.0. The third-order valence-electron chi connectivity index (χ3n) is 2.08. The van der Waals surface area contributed by atoms with Crippen molar-refractivity contribution in [1.29, 1.82) is 0 Å². The number of alkyl halides is 1. The van der Waals surface area contributed by atoms with Gasteiger partial charge in [0.05, 0.1) is 17.0 Å². The highest BCUT2D eigenvalue weighted by Gasteiger charge is 2.10. The second-order valence-corrected chi connectivity index (χ2v) is 4.69. The van der Waals surface area contributed by atoms with Crippen molar-refractivity contribution in [3.8, 4) is 0 Å². The van der Waals surface area contributed by atoms with Gasteiger partial charge in [-0.25, -0.2) is 0 Å². The maximum Gasteiger partial charge on any atom is 0.253 e. The highest BCUT2D eigenvalue weighted by molar-refractivity contribution is 9.09. The van der Waals surface area contributed by atoms with Crippen LogP contribution in [0.4, 0.5) is 0 Å². The lowest BCUT2D eigenvalue weighted by atomic mass is 10.2. The number of carbonyl (C=O) groups excluding carboxylic acids is 1. The van der Waals surface area contributed by atoms with E-state index in [0.717, 1.165) is 5.69 Å². The molecule has 1 aromatic rings. The van der Waals surface area contributed by atoms with E-state index in [9.17, 15) is 4.79 Å². The maximum atomic E-state index is 11.8. The molecule has 1 heterocycles. The Morgan fingerprint density at radius 1 is 1.69 bits per heavy atom. The number of pyridine rings is 1. The fourth-order valence-electron chi connectivity index (χ4n) is 1.26. The first-order chi connectivity index (χ1) is 7.65. The van der Waals surface area contributed by atoms with Gasteiger partial charge >= 0.3 is 0 Å². The van der Waals surface area contributed by atoms with Gasteiger partial charge in [0.25, 0.3) is 5.91 Å². The Morgan fingerprint density at radius 2 is 2.44 bits per heavy atom. The first kappa shape index (κ1) is 13.1. The number of hydrogen-bond acceptors (Lipinski definition) is 3. The van der Waals surface area contributed by atoms with Crippen LogP contribution >= 0.6 is 15.9 Å². The maximum absolute atomic E-state index is 11.8. The molecule has 0 bridgehead atoms. The molecular weight excluding hydrogens is 272 g/mol. The summed E-state index contributed by atoms with van der Waals surface area (Å²) in [6.07, 6.45) is 1.67. The molecule has 16 heavy (non-hydrogen) atoms. The van der Waals surface area contributed by atoms with E-state index in [1.807, 2.05) is 6.92 Å². The lowest BCUT2D eigenvalue weighted by molar-refractivity contribution is 0.0949. The van der Waals surface area contributed by atoms with Crippen LogP contribution in [-0.2, 0) is 4.74 Å². The summed E-state index contributed by atoms with van der Waals surface area (Å²) in [4.78, 5) is 16.0. The summed E-state index contributed by atoms with van der Waals surface area (Å²) in [6, 6.07) is 3.51. The van der Waals surface area contributed by atoms with Crippen molar-refractivity contribution in [2.24, 2.45) is 0 Å². The van der Waals surface area contributed by atoms with Crippen molar-refractivity contribution in [2.45, 2.75) is 11.8 Å². The Bertz CT molecular complexity index is 358. The van der Waals surface area contributed by atoms with Gasteiger partial charge in [-0.2, -0.15) is 0 Å². The molecule has 0 spiro atoms. The number of carbonyl (C=O) groups is 1. The molecule has 0 saturated carbocycles. The highest BCUT2D eigenvalue weighted by Crippen LogP contribution is 2.04. The Balaban J connectivity index is 2.50. The Morgan fingerprint density at radius 3 is 3.06 bits per heavy atom. The van der Waals surface area contributed by atoms with E-state index in [1.54, 1.807) is 25.4 Å². The molecule has 1 amide bonds. The first-order valence-corrected chi connectivity index (χ1v) is 5.89. The molecule has 0 aromatic carbocycles. The van der Waals surface area contributed by atoms with Crippen LogP contribution in [0.1, 0.15) is 16.1 Å². The van der Waals surface area contributed by atoms with Gasteiger partial charge in [0, 0.05) is 25.5 Å². The van der Waals surface area contributed by atoms with Crippen molar-refractivity contribution < 1.29 is 9.53 Å². The number of methoxy groups -OCH3 is 1. The monoisotopic (exact) mass is 286 g/mol. The van der Waals surface area contributed by atoms with Crippen LogP contribution in [0.3, 0.4) is 0 Å². The van der Waals surface area contributed by atoms with Crippen molar-refractivity contribution in [2.75, 3.05) is 20.3 Å². The fourth-order valence-corrected chi connectivity index (χ4v) is 1.69. The predicted molar refractivity (Wildman–Crippen MR) is 65.9 cm³/mol. The third-order valence-corrected chi connectivity index (χ3v) is 2.67. The van der Waals surface area contributed by atoms with Gasteiger partial charge in [0.15, 0.2) is 0 Å². The minimum atomic E-state index is -0.105. The molecule has 0 saturated heterocycles. The van der Waals surface area contributed by atoms with Crippen LogP contribution in [0.25, 0.3) is 0 Å². The SMILES string of the molecule is COCC(Br)CNC(=O)c1cccnc1C. The lowest BCUT2D eigenvalue weighted by Gasteiger charge is -2.10. The summed E-state index contributed by atoms with van der Waals surface area (Å²) < 4.78 is 4.95. The standard InChI is InChI=1S/C11H15BrN2O2/c1-8-10(4-3-5-13-8)11(15)14-6-9(12)7-16-2/h3-5,9H,6-7H2,1-2H3,(H,14,15). The lowest BCUT2D eigenvalue weighted by Crippen LogP contribution is -2.31. The van der Waals surface area contributed by atoms with E-state index in [4.69, 9.17) is 4.74 Å². The van der Waals surface area contributed by atoms with Gasteiger partial charge in [0.2, 0.25) is 0 Å². The summed E-state index contributed by atoms with van der Waals surface area (Å²) in [5.74, 6) is -0.105. The molecule has 0 fully saturated rings. The number of nitrogens with zero attached hydrogens (tertiary/aromatic N) is 1. The third kappa shape index (κ3) is 3.90. The van der Waals surface area contributed by atoms with Crippen LogP contribution in [0.2, 0.25) is 0 Å². The average molecular weight is 287 g/mol. The van der Waals surface area contributed by atoms with Crippen LogP contribution in [0.5, 0.6) is 0 Å². The summed E-state index contributed by atoms with van der Waals surface area (Å²) >= 11 is 3.40. The largest absolute Gasteiger partial charge is 0.383 e. The van der Waals surface area contributed by atoms with Crippen molar-refractivity contribution in [3.05, 3.63) is 29.6 Å². The number of aromatic nitrogens is 1. The number of aryl methyl sites for hydroxylation is 1. The van der Waals surface area contributed by atoms with Crippen LogP contribution in [-0.4, -0.2) is 36.0 Å². The minimum absolute atomic E-state index is 0.105. The number of amides is 1. The average Bonchev–Trinajstić information content (AvgIpc) is 2.27. The summed E-state index contributed by atoms with van der Waals surface area (Å²) in [5, 5.41) is 2.82. The number of ether oxygens (including phenoxy) is 1. The second kappa shape index (κ2) is 6.60. The summed E-state index contributed by atoms with van der Waals surface area (Å²) in [5.41, 5.74) is 1.34. The molecule has 88 valence electrons. The molecule has 1 N–H and O–H groups in total. The zero-order valence-corrected chi connectivity index (χ0v) is 11.0. The number of hydrogen-bond donors (Lipinski definition) is 1. The summed E-state index contributed by atoms with van der Waals surface area (Å²) in [7, 11) is 1.63. The van der Waals surface area contributed by atoms with E-state index in [0.29, 0.717) is 18.7 Å². The minimum Gasteiger partial charge on any atom is -0.383 e. The van der Waals surface area contributed by atoms with Gasteiger partial charge in [-0.3, -0.25) is 9.78 Å². The summed E-state index contributed by atoms with van der Waals surface area (Å²) in [6.45, 7) is 2.91. The number of nitrogens with one attached hydrogen (secondary N) is 1. The van der Waals surface area contributed by atoms with E-state index < -0.39 is 0 Å². The molecule has 0 aliphatic heterocycles. The molecule has 1 rings (SSSR count). The van der Waals surface area contributed by atoms with Crippen LogP contribution < -0.4 is 5.32 Å². The molecule has 5 heteroatoms. The molecule has 0 aliphatic carbocycles. The molecule has 1 aromatic heterocycles. The van der Waals surface area contributed by atoms with Crippen molar-refractivity contribution in [3.63, 3.8) is 0 Å². The molecule has 0 radical (unpaired) electrons. The Hall–Kier alpha value is -0.940. The Labute approximate surface area is 104 Å². The van der Waals surface area contributed by atoms with E-state index in [2.05, 4.69) is 26.2 Å². The second-order valence-electron chi connectivity index (χ2n) is 3.40. The van der Waals surface area contributed by atoms with Crippen LogP contribution in [0, 0.1) is 6.92 Å². The van der Waals surface area contributed by atoms with Gasteiger partial charge in [0.1, 0.15) is 0 Å². The van der Waals surface area contributed by atoms with E-state index in [-0.39, 0.29) is 10.7 Å². The number of rotatable bonds is 5. The molecule has 1 atom stereocenters. The van der Waals surface area contributed by atoms with Gasteiger partial charge < -0.3 is 10.1 Å². The molecular formula is C11H15BrN2O2. The van der Waals surface area contributed by atoms with Gasteiger partial charge in [-0.1, -0.05) is 15.9 Å². The fraction of sp³-hybridized carbons (Fsp3) is 0.455. The number of halogens is 1. The topological polar surface area (TPSA) is 51.2 Å². The van der Waals surface area contributed by atoms with E-state index >= 15 is 0 Å². The smallest absolute Gasteiger partial charge is 0.253 e. The van der Waals surface area contributed by atoms with Crippen LogP contribution in [0.15, 0.2) is 18.3 Å². The highest BCUT2D eigenvalue weighted by atomic mass is 79.9. The van der Waals surface area contributed by atoms with Crippen molar-refractivity contribution >= 4 is 21.8 Å². The quantitative estimate of drug-likeness (QED) is 0.836. The normalized spacial score (nSPS) is 12.2. The van der Waals surface area contributed by atoms with Crippen molar-refractivity contribution in [1.82, 2.24) is 10.3 Å². The van der Waals surface area contributed by atoms with Gasteiger partial charge in [-0.15, -0.1) is 0 Å².